The molecule has 0 aromatic carbocycles. The van der Waals surface area contributed by atoms with E-state index in [1.54, 1.807) is 13.0 Å². The highest BCUT2D eigenvalue weighted by atomic mass is 16.5. The molecule has 1 saturated carbocycles. The summed E-state index contributed by atoms with van der Waals surface area (Å²) in [4.78, 5) is 24.4. The zero-order valence-electron chi connectivity index (χ0n) is 14.9. The van der Waals surface area contributed by atoms with Crippen LogP contribution in [0.3, 0.4) is 0 Å². The van der Waals surface area contributed by atoms with E-state index in [2.05, 4.69) is 20.4 Å². The lowest BCUT2D eigenvalue weighted by atomic mass is 9.57. The van der Waals surface area contributed by atoms with Gasteiger partial charge in [0.05, 0.1) is 0 Å². The van der Waals surface area contributed by atoms with Crippen molar-refractivity contribution in [3.8, 4) is 0 Å². The molecule has 0 aliphatic heterocycles. The summed E-state index contributed by atoms with van der Waals surface area (Å²) in [5.74, 6) is 0.0186. The van der Waals surface area contributed by atoms with E-state index in [0.29, 0.717) is 5.57 Å². The van der Waals surface area contributed by atoms with Crippen LogP contribution in [0.1, 0.15) is 53.9 Å². The number of allylic oxidation sites excluding steroid dienone is 4. The minimum absolute atomic E-state index is 0.0986. The smallest absolute Gasteiger partial charge is 0.333 e. The van der Waals surface area contributed by atoms with E-state index >= 15 is 0 Å². The molecule has 2 aliphatic rings. The van der Waals surface area contributed by atoms with Gasteiger partial charge in [0.1, 0.15) is 6.10 Å². The fourth-order valence-corrected chi connectivity index (χ4v) is 3.81. The normalized spacial score (nSPS) is 34.5. The predicted octanol–water partition coefficient (Wildman–Crippen LogP) is 4.39. The molecule has 2 aliphatic carbocycles. The van der Waals surface area contributed by atoms with Gasteiger partial charge < -0.3 is 4.74 Å². The van der Waals surface area contributed by atoms with Gasteiger partial charge in [0.2, 0.25) is 0 Å². The summed E-state index contributed by atoms with van der Waals surface area (Å²) in [5, 5.41) is 0. The highest BCUT2D eigenvalue weighted by Gasteiger charge is 2.48. The van der Waals surface area contributed by atoms with Crippen LogP contribution in [0.5, 0.6) is 0 Å². The number of esters is 1. The van der Waals surface area contributed by atoms with Crippen molar-refractivity contribution in [3.05, 3.63) is 35.5 Å². The molecular weight excluding hydrogens is 288 g/mol. The molecule has 3 heteroatoms. The minimum Gasteiger partial charge on any atom is -0.459 e. The van der Waals surface area contributed by atoms with Crippen molar-refractivity contribution in [1.29, 1.82) is 0 Å². The van der Waals surface area contributed by atoms with Gasteiger partial charge in [0.15, 0.2) is 5.78 Å². The van der Waals surface area contributed by atoms with Crippen LogP contribution in [0, 0.1) is 17.3 Å². The molecule has 0 aromatic rings. The van der Waals surface area contributed by atoms with Crippen molar-refractivity contribution in [2.45, 2.75) is 60.0 Å². The summed E-state index contributed by atoms with van der Waals surface area (Å²) in [5.41, 5.74) is 2.66. The first-order valence-corrected chi connectivity index (χ1v) is 8.45. The number of ketones is 1. The van der Waals surface area contributed by atoms with Gasteiger partial charge >= 0.3 is 5.97 Å². The first kappa shape index (κ1) is 17.7. The average Bonchev–Trinajstić information content (AvgIpc) is 2.50. The Morgan fingerprint density at radius 1 is 1.43 bits per heavy atom. The number of carbonyl (C=O) groups excluding carboxylic acids is 2. The summed E-state index contributed by atoms with van der Waals surface area (Å²) in [6.07, 6.45) is 5.88. The van der Waals surface area contributed by atoms with Crippen molar-refractivity contribution in [2.75, 3.05) is 0 Å². The van der Waals surface area contributed by atoms with Gasteiger partial charge in [-0.3, -0.25) is 4.79 Å². The average molecular weight is 316 g/mol. The Bertz CT molecular complexity index is 596. The molecule has 0 N–H and O–H groups in total. The van der Waals surface area contributed by atoms with Crippen LogP contribution in [-0.4, -0.2) is 17.9 Å². The van der Waals surface area contributed by atoms with Crippen LogP contribution in [-0.2, 0) is 14.3 Å². The van der Waals surface area contributed by atoms with Crippen LogP contribution >= 0.6 is 0 Å². The van der Waals surface area contributed by atoms with Gasteiger partial charge in [-0.1, -0.05) is 37.6 Å². The number of hydrogen-bond donors (Lipinski definition) is 0. The number of rotatable bonds is 3. The van der Waals surface area contributed by atoms with E-state index in [4.69, 9.17) is 4.74 Å². The second kappa shape index (κ2) is 6.46. The zero-order valence-corrected chi connectivity index (χ0v) is 14.9. The Hall–Kier alpha value is -1.64. The molecule has 2 rings (SSSR count). The fourth-order valence-electron chi connectivity index (χ4n) is 3.81. The van der Waals surface area contributed by atoms with Crippen molar-refractivity contribution in [1.82, 2.24) is 0 Å². The monoisotopic (exact) mass is 316 g/mol. The molecule has 3 nitrogen and oxygen atoms in total. The maximum absolute atomic E-state index is 12.3. The molecule has 4 atom stereocenters. The Balaban J connectivity index is 2.25. The van der Waals surface area contributed by atoms with Crippen LogP contribution in [0.25, 0.3) is 0 Å². The van der Waals surface area contributed by atoms with E-state index in [1.807, 2.05) is 19.9 Å². The van der Waals surface area contributed by atoms with Crippen LogP contribution in [0.15, 0.2) is 35.5 Å². The van der Waals surface area contributed by atoms with Gasteiger partial charge in [0.25, 0.3) is 0 Å². The molecule has 1 fully saturated rings. The van der Waals surface area contributed by atoms with Gasteiger partial charge in [-0.2, -0.15) is 0 Å². The quantitative estimate of drug-likeness (QED) is 0.440. The molecule has 0 unspecified atom stereocenters. The van der Waals surface area contributed by atoms with Gasteiger partial charge in [-0.05, 0) is 51.5 Å². The first-order valence-electron chi connectivity index (χ1n) is 8.45. The lowest BCUT2D eigenvalue weighted by Crippen LogP contribution is -2.46. The Kier molecular flexibility index (Phi) is 4.98. The molecule has 0 bridgehead atoms. The third kappa shape index (κ3) is 3.19. The fraction of sp³-hybridized carbons (Fsp3) is 0.600. The number of hydrogen-bond acceptors (Lipinski definition) is 3. The second-order valence-electron chi connectivity index (χ2n) is 7.34. The van der Waals surface area contributed by atoms with E-state index in [-0.39, 0.29) is 35.1 Å². The lowest BCUT2D eigenvalue weighted by Gasteiger charge is -2.49. The maximum atomic E-state index is 12.3. The highest BCUT2D eigenvalue weighted by molar-refractivity contribution is 5.95. The van der Waals surface area contributed by atoms with Gasteiger partial charge in [-0.25, -0.2) is 4.79 Å². The van der Waals surface area contributed by atoms with E-state index in [0.717, 1.165) is 24.8 Å². The van der Waals surface area contributed by atoms with Crippen molar-refractivity contribution >= 4 is 11.8 Å². The van der Waals surface area contributed by atoms with Crippen molar-refractivity contribution in [3.63, 3.8) is 0 Å². The highest BCUT2D eigenvalue weighted by Crippen LogP contribution is 2.53. The zero-order chi connectivity index (χ0) is 17.4. The number of carbonyl (C=O) groups is 2. The standard InChI is InChI=1S/C20H28O3/c1-7-13(4)19(22)23-18-9-8-15-10-17(21)16(12(2)3)11-20(15,6)14(18)5/h7,10,14,16,18H,2,8-9,11H2,1,3-6H3/b13-7-/t14-,16-,18+,20+/m0/s1. The Morgan fingerprint density at radius 3 is 2.65 bits per heavy atom. The summed E-state index contributed by atoms with van der Waals surface area (Å²) in [6.45, 7) is 13.9. The third-order valence-electron chi connectivity index (χ3n) is 5.89. The second-order valence-corrected chi connectivity index (χ2v) is 7.34. The molecule has 23 heavy (non-hydrogen) atoms. The minimum atomic E-state index is -0.233. The molecule has 0 aromatic heterocycles. The molecule has 0 heterocycles. The summed E-state index contributed by atoms with van der Waals surface area (Å²) >= 11 is 0. The summed E-state index contributed by atoms with van der Waals surface area (Å²) in [6, 6.07) is 0. The molecule has 0 radical (unpaired) electrons. The SMILES string of the molecule is C=C(C)[C@@H]1C[C@@]2(C)C(=CC1=O)CC[C@@H](OC(=O)/C(C)=C\C)[C@@H]2C. The van der Waals surface area contributed by atoms with E-state index in [1.165, 1.54) is 5.57 Å². The van der Waals surface area contributed by atoms with E-state index in [9.17, 15) is 9.59 Å². The van der Waals surface area contributed by atoms with Crippen LogP contribution in [0.2, 0.25) is 0 Å². The van der Waals surface area contributed by atoms with Gasteiger partial charge in [0, 0.05) is 17.4 Å². The van der Waals surface area contributed by atoms with Gasteiger partial charge in [-0.15, -0.1) is 0 Å². The van der Waals surface area contributed by atoms with Crippen LogP contribution < -0.4 is 0 Å². The molecule has 0 spiro atoms. The Labute approximate surface area is 139 Å². The van der Waals surface area contributed by atoms with Crippen molar-refractivity contribution < 1.29 is 14.3 Å². The summed E-state index contributed by atoms with van der Waals surface area (Å²) in [7, 11) is 0. The largest absolute Gasteiger partial charge is 0.459 e. The van der Waals surface area contributed by atoms with E-state index < -0.39 is 0 Å². The third-order valence-corrected chi connectivity index (χ3v) is 5.89. The maximum Gasteiger partial charge on any atom is 0.333 e. The summed E-state index contributed by atoms with van der Waals surface area (Å²) < 4.78 is 5.75. The topological polar surface area (TPSA) is 43.4 Å². The first-order chi connectivity index (χ1) is 10.7. The molecule has 126 valence electrons. The van der Waals surface area contributed by atoms with Crippen molar-refractivity contribution in [2.24, 2.45) is 17.3 Å². The lowest BCUT2D eigenvalue weighted by molar-refractivity contribution is -0.151. The Morgan fingerprint density at radius 2 is 2.09 bits per heavy atom. The number of fused-ring (bicyclic) bond motifs is 1. The predicted molar refractivity (Wildman–Crippen MR) is 91.8 cm³/mol. The molecule has 0 amide bonds. The number of ether oxygens (including phenoxy) is 1. The molecular formula is C20H28O3. The molecule has 0 saturated heterocycles. The van der Waals surface area contributed by atoms with Crippen LogP contribution in [0.4, 0.5) is 0 Å².